The molecule has 1 aliphatic heterocycles. The number of nitrogens with zero attached hydrogens (tertiary/aromatic N) is 3. The third-order valence-electron chi connectivity index (χ3n) is 3.70. The van der Waals surface area contributed by atoms with E-state index in [1.54, 1.807) is 0 Å². The number of halogens is 2. The summed E-state index contributed by atoms with van der Waals surface area (Å²) in [5.74, 6) is 0.591. The molecule has 0 amide bonds. The molecular weight excluding hydrogens is 340 g/mol. The van der Waals surface area contributed by atoms with Crippen LogP contribution >= 0.6 is 27.5 Å². The topological polar surface area (TPSA) is 44.9 Å². The zero-order valence-corrected chi connectivity index (χ0v) is 14.4. The molecule has 2 rings (SSSR count). The van der Waals surface area contributed by atoms with E-state index in [9.17, 15) is 0 Å². The molecule has 20 heavy (non-hydrogen) atoms. The van der Waals surface area contributed by atoms with Crippen molar-refractivity contribution in [2.45, 2.75) is 12.5 Å². The third-order valence-corrected chi connectivity index (χ3v) is 4.51. The normalized spacial score (nSPS) is 22.5. The average Bonchev–Trinajstić information content (AvgIpc) is 2.63. The minimum absolute atomic E-state index is 0.280. The van der Waals surface area contributed by atoms with Gasteiger partial charge >= 0.3 is 0 Å². The van der Waals surface area contributed by atoms with Gasteiger partial charge in [0.2, 0.25) is 0 Å². The molecule has 4 nitrogen and oxygen atoms in total. The Kier molecular flexibility index (Phi) is 4.62. The van der Waals surface area contributed by atoms with E-state index in [1.165, 1.54) is 0 Å². The van der Waals surface area contributed by atoms with Crippen LogP contribution in [-0.4, -0.2) is 49.5 Å². The minimum Gasteiger partial charge on any atom is -0.370 e. The highest BCUT2D eigenvalue weighted by Crippen LogP contribution is 2.37. The van der Waals surface area contributed by atoms with Crippen LogP contribution in [-0.2, 0) is 5.54 Å². The van der Waals surface area contributed by atoms with E-state index >= 15 is 0 Å². The molecular formula is C14H20BrClN4. The zero-order valence-electron chi connectivity index (χ0n) is 12.0. The van der Waals surface area contributed by atoms with E-state index in [0.29, 0.717) is 12.5 Å². The van der Waals surface area contributed by atoms with E-state index in [2.05, 4.69) is 37.6 Å². The molecule has 0 bridgehead atoms. The molecule has 0 aliphatic carbocycles. The van der Waals surface area contributed by atoms with Gasteiger partial charge in [-0.1, -0.05) is 33.6 Å². The van der Waals surface area contributed by atoms with Gasteiger partial charge in [0.1, 0.15) is 0 Å². The molecule has 1 aromatic rings. The molecule has 1 atom stereocenters. The van der Waals surface area contributed by atoms with Gasteiger partial charge in [-0.25, -0.2) is 0 Å². The van der Waals surface area contributed by atoms with E-state index in [4.69, 9.17) is 17.3 Å². The largest absolute Gasteiger partial charge is 0.370 e. The first-order valence-electron chi connectivity index (χ1n) is 6.52. The summed E-state index contributed by atoms with van der Waals surface area (Å²) in [6.07, 6.45) is 0. The molecule has 1 unspecified atom stereocenters. The second kappa shape index (κ2) is 5.92. The maximum atomic E-state index is 6.42. The van der Waals surface area contributed by atoms with Crippen LogP contribution in [0.25, 0.3) is 0 Å². The van der Waals surface area contributed by atoms with E-state index in [-0.39, 0.29) is 5.54 Å². The molecule has 0 saturated heterocycles. The lowest BCUT2D eigenvalue weighted by molar-refractivity contribution is 0.205. The van der Waals surface area contributed by atoms with E-state index in [1.807, 2.05) is 32.3 Å². The number of guanidine groups is 1. The fourth-order valence-electron chi connectivity index (χ4n) is 2.48. The van der Waals surface area contributed by atoms with Crippen LogP contribution in [0.4, 0.5) is 0 Å². The summed E-state index contributed by atoms with van der Waals surface area (Å²) < 4.78 is 0.974. The number of rotatable bonds is 4. The van der Waals surface area contributed by atoms with Crippen molar-refractivity contribution >= 4 is 33.5 Å². The number of benzene rings is 1. The van der Waals surface area contributed by atoms with Crippen molar-refractivity contribution in [3.8, 4) is 0 Å². The summed E-state index contributed by atoms with van der Waals surface area (Å²) in [6, 6.07) is 5.97. The Bertz CT molecular complexity index is 532. The van der Waals surface area contributed by atoms with Crippen molar-refractivity contribution in [1.82, 2.24) is 9.80 Å². The molecule has 1 aliphatic rings. The van der Waals surface area contributed by atoms with E-state index < -0.39 is 0 Å². The molecule has 0 fully saturated rings. The van der Waals surface area contributed by atoms with Gasteiger partial charge in [-0.2, -0.15) is 0 Å². The molecule has 1 heterocycles. The highest BCUT2D eigenvalue weighted by molar-refractivity contribution is 9.10. The molecule has 0 spiro atoms. The monoisotopic (exact) mass is 358 g/mol. The summed E-state index contributed by atoms with van der Waals surface area (Å²) in [5.41, 5.74) is 6.84. The van der Waals surface area contributed by atoms with Crippen LogP contribution < -0.4 is 5.73 Å². The second-order valence-corrected chi connectivity index (χ2v) is 6.85. The Morgan fingerprint density at radius 2 is 2.20 bits per heavy atom. The maximum absolute atomic E-state index is 6.42. The number of likely N-dealkylation sites (N-methyl/N-ethyl adjacent to an activating group) is 1. The lowest BCUT2D eigenvalue weighted by atomic mass is 9.91. The van der Waals surface area contributed by atoms with Gasteiger partial charge in [-0.15, -0.1) is 0 Å². The van der Waals surface area contributed by atoms with Crippen molar-refractivity contribution in [1.29, 1.82) is 0 Å². The summed E-state index contributed by atoms with van der Waals surface area (Å²) in [4.78, 5) is 8.70. The molecule has 1 aromatic carbocycles. The fourth-order valence-corrected chi connectivity index (χ4v) is 3.35. The first kappa shape index (κ1) is 15.6. The predicted octanol–water partition coefficient (Wildman–Crippen LogP) is 2.51. The zero-order chi connectivity index (χ0) is 14.9. The highest BCUT2D eigenvalue weighted by atomic mass is 79.9. The molecule has 0 saturated carbocycles. The summed E-state index contributed by atoms with van der Waals surface area (Å²) in [5, 5.41) is 0.738. The Labute approximate surface area is 133 Å². The van der Waals surface area contributed by atoms with Gasteiger partial charge < -0.3 is 15.5 Å². The smallest absolute Gasteiger partial charge is 0.192 e. The third kappa shape index (κ3) is 2.95. The standard InChI is InChI=1S/C14H20BrClN4/c1-14(11-5-4-10(15)8-12(11)16)9-18-13(17)20(14)7-6-19(2)3/h4-5,8H,6-7,9H2,1-3H3,(H2,17,18). The van der Waals surface area contributed by atoms with Crippen molar-refractivity contribution < 1.29 is 0 Å². The molecule has 110 valence electrons. The summed E-state index contributed by atoms with van der Waals surface area (Å²) in [7, 11) is 4.10. The van der Waals surface area contributed by atoms with Crippen LogP contribution in [0.15, 0.2) is 27.7 Å². The highest BCUT2D eigenvalue weighted by Gasteiger charge is 2.40. The predicted molar refractivity (Wildman–Crippen MR) is 88.3 cm³/mol. The number of nitrogens with two attached hydrogens (primary N) is 1. The van der Waals surface area contributed by atoms with Gasteiger partial charge in [-0.3, -0.25) is 4.99 Å². The van der Waals surface area contributed by atoms with Crippen LogP contribution in [0, 0.1) is 0 Å². The van der Waals surface area contributed by atoms with Crippen molar-refractivity contribution in [3.63, 3.8) is 0 Å². The second-order valence-electron chi connectivity index (χ2n) is 5.53. The van der Waals surface area contributed by atoms with Gasteiger partial charge in [0.15, 0.2) is 5.96 Å². The van der Waals surface area contributed by atoms with Crippen molar-refractivity contribution in [3.05, 3.63) is 33.3 Å². The summed E-state index contributed by atoms with van der Waals surface area (Å²) in [6.45, 7) is 4.51. The molecule has 0 aromatic heterocycles. The molecule has 0 radical (unpaired) electrons. The van der Waals surface area contributed by atoms with Crippen molar-refractivity contribution in [2.75, 3.05) is 33.7 Å². The maximum Gasteiger partial charge on any atom is 0.192 e. The van der Waals surface area contributed by atoms with Crippen LogP contribution in [0.5, 0.6) is 0 Å². The van der Waals surface area contributed by atoms with Crippen molar-refractivity contribution in [2.24, 2.45) is 10.7 Å². The average molecular weight is 360 g/mol. The molecule has 6 heteroatoms. The lowest BCUT2D eigenvalue weighted by Crippen LogP contribution is -2.49. The van der Waals surface area contributed by atoms with Crippen LogP contribution in [0.1, 0.15) is 12.5 Å². The van der Waals surface area contributed by atoms with Gasteiger partial charge in [-0.05, 0) is 38.7 Å². The lowest BCUT2D eigenvalue weighted by Gasteiger charge is -2.37. The van der Waals surface area contributed by atoms with Crippen LogP contribution in [0.3, 0.4) is 0 Å². The Balaban J connectivity index is 2.32. The Morgan fingerprint density at radius 3 is 2.80 bits per heavy atom. The van der Waals surface area contributed by atoms with Gasteiger partial charge in [0.25, 0.3) is 0 Å². The number of hydrogen-bond acceptors (Lipinski definition) is 4. The quantitative estimate of drug-likeness (QED) is 0.898. The number of aliphatic imine (C=N–C) groups is 1. The minimum atomic E-state index is -0.280. The van der Waals surface area contributed by atoms with Gasteiger partial charge in [0.05, 0.1) is 12.1 Å². The first-order valence-corrected chi connectivity index (χ1v) is 7.69. The number of hydrogen-bond donors (Lipinski definition) is 1. The Hall–Kier alpha value is -0.780. The first-order chi connectivity index (χ1) is 9.34. The Morgan fingerprint density at radius 1 is 1.50 bits per heavy atom. The van der Waals surface area contributed by atoms with E-state index in [0.717, 1.165) is 28.1 Å². The molecule has 2 N–H and O–H groups in total. The van der Waals surface area contributed by atoms with Gasteiger partial charge in [0, 0.05) is 22.6 Å². The van der Waals surface area contributed by atoms with Crippen LogP contribution in [0.2, 0.25) is 5.02 Å². The fraction of sp³-hybridized carbons (Fsp3) is 0.500. The SMILES string of the molecule is CN(C)CCN1C(N)=NCC1(C)c1ccc(Br)cc1Cl. The summed E-state index contributed by atoms with van der Waals surface area (Å²) >= 11 is 9.86.